The highest BCUT2D eigenvalue weighted by molar-refractivity contribution is 5.90. The molecule has 6 heteroatoms. The Morgan fingerprint density at radius 3 is 2.40 bits per heavy atom. The maximum Gasteiger partial charge on any atom is 0.121 e. The van der Waals surface area contributed by atoms with Gasteiger partial charge in [-0.05, 0) is 36.4 Å². The minimum atomic E-state index is 0.782. The van der Waals surface area contributed by atoms with Crippen LogP contribution in [0.1, 0.15) is 0 Å². The highest BCUT2D eigenvalue weighted by atomic mass is 16.5. The van der Waals surface area contributed by atoms with Gasteiger partial charge in [-0.25, -0.2) is 4.68 Å². The summed E-state index contributed by atoms with van der Waals surface area (Å²) in [4.78, 5) is 0. The van der Waals surface area contributed by atoms with Crippen molar-refractivity contribution in [2.45, 2.75) is 0 Å². The molecule has 2 aromatic carbocycles. The third-order valence-corrected chi connectivity index (χ3v) is 4.32. The van der Waals surface area contributed by atoms with Gasteiger partial charge in [0.05, 0.1) is 37.3 Å². The summed E-state index contributed by atoms with van der Waals surface area (Å²) < 4.78 is 14.6. The summed E-state index contributed by atoms with van der Waals surface area (Å²) in [5, 5.41) is 9.53. The van der Waals surface area contributed by atoms with Gasteiger partial charge in [-0.2, -0.15) is 0 Å². The third kappa shape index (κ3) is 2.52. The van der Waals surface area contributed by atoms with Crippen LogP contribution < -0.4 is 9.47 Å². The number of benzene rings is 2. The molecular weight excluding hydrogens is 316 g/mol. The van der Waals surface area contributed by atoms with Gasteiger partial charge < -0.3 is 14.0 Å². The Labute approximate surface area is 145 Å². The van der Waals surface area contributed by atoms with E-state index in [2.05, 4.69) is 20.9 Å². The molecule has 4 aromatic rings. The standard InChI is InChI=1S/C19H18N4O2/c1-22-9-8-14-10-16(25-3)11-17(19(14)22)23-18(12-20-21-23)13-4-6-15(24-2)7-5-13/h4-12H,1-3H3. The van der Waals surface area contributed by atoms with Crippen LogP contribution >= 0.6 is 0 Å². The first-order valence-electron chi connectivity index (χ1n) is 7.90. The molecule has 6 nitrogen and oxygen atoms in total. The van der Waals surface area contributed by atoms with Crippen LogP contribution in [0.4, 0.5) is 0 Å². The van der Waals surface area contributed by atoms with E-state index in [0.29, 0.717) is 0 Å². The Balaban J connectivity index is 1.93. The molecule has 0 amide bonds. The zero-order chi connectivity index (χ0) is 17.4. The van der Waals surface area contributed by atoms with Crippen molar-refractivity contribution in [3.8, 4) is 28.4 Å². The molecule has 2 heterocycles. The van der Waals surface area contributed by atoms with Crippen molar-refractivity contribution in [1.82, 2.24) is 19.6 Å². The predicted molar refractivity (Wildman–Crippen MR) is 96.4 cm³/mol. The van der Waals surface area contributed by atoms with E-state index in [0.717, 1.165) is 39.3 Å². The molecule has 25 heavy (non-hydrogen) atoms. The number of aromatic nitrogens is 4. The molecular formula is C19H18N4O2. The van der Waals surface area contributed by atoms with E-state index in [1.54, 1.807) is 20.4 Å². The van der Waals surface area contributed by atoms with Crippen LogP contribution in [0.3, 0.4) is 0 Å². The van der Waals surface area contributed by atoms with E-state index in [1.165, 1.54) is 0 Å². The summed E-state index contributed by atoms with van der Waals surface area (Å²) in [7, 11) is 5.34. The highest BCUT2D eigenvalue weighted by Gasteiger charge is 2.15. The van der Waals surface area contributed by atoms with E-state index < -0.39 is 0 Å². The summed E-state index contributed by atoms with van der Waals surface area (Å²) in [5.74, 6) is 1.60. The molecule has 0 N–H and O–H groups in total. The lowest BCUT2D eigenvalue weighted by Crippen LogP contribution is -2.03. The number of hydrogen-bond donors (Lipinski definition) is 0. The van der Waals surface area contributed by atoms with Crippen LogP contribution in [0.5, 0.6) is 11.5 Å². The minimum absolute atomic E-state index is 0.782. The van der Waals surface area contributed by atoms with E-state index >= 15 is 0 Å². The van der Waals surface area contributed by atoms with Gasteiger partial charge in [-0.3, -0.25) is 0 Å². The molecule has 0 saturated carbocycles. The Bertz CT molecular complexity index is 1030. The Morgan fingerprint density at radius 2 is 1.68 bits per heavy atom. The number of ether oxygens (including phenoxy) is 2. The molecule has 4 rings (SSSR count). The number of methoxy groups -OCH3 is 2. The van der Waals surface area contributed by atoms with Gasteiger partial charge in [0.15, 0.2) is 0 Å². The van der Waals surface area contributed by atoms with Gasteiger partial charge in [0.2, 0.25) is 0 Å². The summed E-state index contributed by atoms with van der Waals surface area (Å²) in [6.07, 6.45) is 3.79. The summed E-state index contributed by atoms with van der Waals surface area (Å²) in [6, 6.07) is 13.9. The van der Waals surface area contributed by atoms with Crippen LogP contribution in [0.15, 0.2) is 54.9 Å². The van der Waals surface area contributed by atoms with Crippen molar-refractivity contribution in [2.75, 3.05) is 14.2 Å². The molecule has 0 aliphatic rings. The fourth-order valence-corrected chi connectivity index (χ4v) is 3.04. The van der Waals surface area contributed by atoms with E-state index in [4.69, 9.17) is 9.47 Å². The second-order valence-electron chi connectivity index (χ2n) is 5.77. The third-order valence-electron chi connectivity index (χ3n) is 4.32. The first kappa shape index (κ1) is 15.3. The first-order chi connectivity index (χ1) is 12.2. The average molecular weight is 334 g/mol. The van der Waals surface area contributed by atoms with Crippen LogP contribution in [0.2, 0.25) is 0 Å². The van der Waals surface area contributed by atoms with E-state index in [9.17, 15) is 0 Å². The average Bonchev–Trinajstić information content (AvgIpc) is 3.28. The van der Waals surface area contributed by atoms with Crippen molar-refractivity contribution in [2.24, 2.45) is 7.05 Å². The SMILES string of the molecule is COc1ccc(-c2cnnn2-c2cc(OC)cc3ccn(C)c23)cc1. The second-order valence-corrected chi connectivity index (χ2v) is 5.77. The number of rotatable bonds is 4. The maximum absolute atomic E-state index is 5.46. The van der Waals surface area contributed by atoms with Gasteiger partial charge in [-0.15, -0.1) is 5.10 Å². The van der Waals surface area contributed by atoms with Crippen molar-refractivity contribution < 1.29 is 9.47 Å². The quantitative estimate of drug-likeness (QED) is 0.574. The van der Waals surface area contributed by atoms with E-state index in [1.807, 2.05) is 54.3 Å². The van der Waals surface area contributed by atoms with Crippen LogP contribution in [-0.4, -0.2) is 33.8 Å². The monoisotopic (exact) mass is 334 g/mol. The smallest absolute Gasteiger partial charge is 0.121 e. The number of fused-ring (bicyclic) bond motifs is 1. The molecule has 0 aliphatic heterocycles. The fourth-order valence-electron chi connectivity index (χ4n) is 3.04. The topological polar surface area (TPSA) is 54.1 Å². The van der Waals surface area contributed by atoms with Gasteiger partial charge >= 0.3 is 0 Å². The first-order valence-corrected chi connectivity index (χ1v) is 7.90. The zero-order valence-electron chi connectivity index (χ0n) is 14.3. The Kier molecular flexibility index (Phi) is 3.65. The van der Waals surface area contributed by atoms with Crippen LogP contribution in [0.25, 0.3) is 27.8 Å². The molecule has 2 aromatic heterocycles. The summed E-state index contributed by atoms with van der Waals surface area (Å²) in [6.45, 7) is 0. The van der Waals surface area contributed by atoms with Gasteiger partial charge in [-0.1, -0.05) is 5.21 Å². The molecule has 0 radical (unpaired) electrons. The van der Waals surface area contributed by atoms with Crippen LogP contribution in [-0.2, 0) is 7.05 Å². The zero-order valence-corrected chi connectivity index (χ0v) is 14.3. The van der Waals surface area contributed by atoms with Crippen LogP contribution in [0, 0.1) is 0 Å². The van der Waals surface area contributed by atoms with Gasteiger partial charge in [0.1, 0.15) is 11.5 Å². The molecule has 0 aliphatic carbocycles. The Hall–Kier alpha value is -3.28. The molecule has 0 unspecified atom stereocenters. The number of aryl methyl sites for hydroxylation is 1. The molecule has 0 spiro atoms. The molecule has 126 valence electrons. The van der Waals surface area contributed by atoms with Gasteiger partial charge in [0.25, 0.3) is 0 Å². The lowest BCUT2D eigenvalue weighted by molar-refractivity contribution is 0.415. The normalized spacial score (nSPS) is 11.0. The van der Waals surface area contributed by atoms with Gasteiger partial charge in [0, 0.05) is 30.3 Å². The highest BCUT2D eigenvalue weighted by Crippen LogP contribution is 2.31. The molecule has 0 fully saturated rings. The summed E-state index contributed by atoms with van der Waals surface area (Å²) >= 11 is 0. The molecule has 0 bridgehead atoms. The number of hydrogen-bond acceptors (Lipinski definition) is 4. The lowest BCUT2D eigenvalue weighted by Gasteiger charge is -2.12. The minimum Gasteiger partial charge on any atom is -0.497 e. The van der Waals surface area contributed by atoms with Crippen molar-refractivity contribution in [3.05, 3.63) is 54.9 Å². The lowest BCUT2D eigenvalue weighted by atomic mass is 10.1. The maximum atomic E-state index is 5.46. The Morgan fingerprint density at radius 1 is 0.920 bits per heavy atom. The number of nitrogens with zero attached hydrogens (tertiary/aromatic N) is 4. The molecule has 0 saturated heterocycles. The fraction of sp³-hybridized carbons (Fsp3) is 0.158. The van der Waals surface area contributed by atoms with E-state index in [-0.39, 0.29) is 0 Å². The van der Waals surface area contributed by atoms with Crippen molar-refractivity contribution >= 4 is 10.9 Å². The van der Waals surface area contributed by atoms with Crippen molar-refractivity contribution in [3.63, 3.8) is 0 Å². The largest absolute Gasteiger partial charge is 0.497 e. The van der Waals surface area contributed by atoms with Crippen molar-refractivity contribution in [1.29, 1.82) is 0 Å². The predicted octanol–water partition coefficient (Wildman–Crippen LogP) is 3.44. The molecule has 0 atom stereocenters. The summed E-state index contributed by atoms with van der Waals surface area (Å²) in [5.41, 5.74) is 3.90. The second kappa shape index (κ2) is 5.98.